The van der Waals surface area contributed by atoms with Crippen LogP contribution in [-0.2, 0) is 4.79 Å². The fourth-order valence-corrected chi connectivity index (χ4v) is 3.09. The van der Waals surface area contributed by atoms with Crippen LogP contribution in [0.3, 0.4) is 0 Å². The van der Waals surface area contributed by atoms with Crippen LogP contribution in [0.25, 0.3) is 0 Å². The molecule has 1 atom stereocenters. The average Bonchev–Trinajstić information content (AvgIpc) is 2.51. The van der Waals surface area contributed by atoms with Crippen molar-refractivity contribution in [1.82, 2.24) is 9.80 Å². The van der Waals surface area contributed by atoms with Crippen LogP contribution in [0.5, 0.6) is 5.75 Å². The molecule has 0 radical (unpaired) electrons. The van der Waals surface area contributed by atoms with Crippen molar-refractivity contribution in [1.29, 1.82) is 0 Å². The second-order valence-corrected chi connectivity index (χ2v) is 6.69. The molecule has 4 nitrogen and oxygen atoms in total. The lowest BCUT2D eigenvalue weighted by atomic mass is 10.0. The summed E-state index contributed by atoms with van der Waals surface area (Å²) in [6, 6.07) is 14.0. The van der Waals surface area contributed by atoms with Gasteiger partial charge in [-0.25, -0.2) is 4.39 Å². The van der Waals surface area contributed by atoms with Crippen molar-refractivity contribution < 1.29 is 13.9 Å². The molecular weight excluding hydrogens is 319 g/mol. The first-order chi connectivity index (χ1) is 12.0. The first-order valence-corrected chi connectivity index (χ1v) is 8.38. The van der Waals surface area contributed by atoms with Gasteiger partial charge in [0.05, 0.1) is 13.1 Å². The van der Waals surface area contributed by atoms with Gasteiger partial charge >= 0.3 is 0 Å². The Morgan fingerprint density at radius 1 is 1.20 bits per heavy atom. The zero-order valence-electron chi connectivity index (χ0n) is 14.8. The van der Waals surface area contributed by atoms with Crippen LogP contribution in [0.15, 0.2) is 48.5 Å². The third-order valence-corrected chi connectivity index (χ3v) is 4.40. The Balaban J connectivity index is 1.64. The lowest BCUT2D eigenvalue weighted by Crippen LogP contribution is -2.58. The molecule has 0 aliphatic carbocycles. The lowest BCUT2D eigenvalue weighted by Gasteiger charge is -2.41. The van der Waals surface area contributed by atoms with E-state index in [0.29, 0.717) is 13.1 Å². The summed E-state index contributed by atoms with van der Waals surface area (Å²) >= 11 is 0. The molecule has 3 rings (SSSR count). The summed E-state index contributed by atoms with van der Waals surface area (Å²) in [6.07, 6.45) is -0.166. The Bertz CT molecular complexity index is 757. The third-order valence-electron chi connectivity index (χ3n) is 4.40. The van der Waals surface area contributed by atoms with Gasteiger partial charge in [0.1, 0.15) is 12.1 Å². The second kappa shape index (κ2) is 7.23. The number of amides is 1. The number of likely N-dealkylation sites (tertiary alicyclic amines) is 1. The maximum absolute atomic E-state index is 13.6. The minimum atomic E-state index is -0.377. The molecule has 1 amide bonds. The highest BCUT2D eigenvalue weighted by molar-refractivity contribution is 5.84. The molecular formula is C20H23FN2O2. The van der Waals surface area contributed by atoms with Crippen LogP contribution in [0.1, 0.15) is 17.2 Å². The number of ether oxygens (including phenoxy) is 1. The van der Waals surface area contributed by atoms with Gasteiger partial charge < -0.3 is 9.64 Å². The summed E-state index contributed by atoms with van der Waals surface area (Å²) in [4.78, 5) is 16.6. The number of carbonyl (C=O) groups is 1. The molecule has 0 unspecified atom stereocenters. The molecule has 0 N–H and O–H groups in total. The summed E-state index contributed by atoms with van der Waals surface area (Å²) in [5.74, 6) is -0.0929. The molecule has 0 saturated carbocycles. The molecule has 5 heteroatoms. The molecule has 2 aromatic carbocycles. The van der Waals surface area contributed by atoms with Crippen molar-refractivity contribution in [2.75, 3.05) is 27.2 Å². The molecule has 2 aromatic rings. The second-order valence-electron chi connectivity index (χ2n) is 6.69. The van der Waals surface area contributed by atoms with E-state index in [0.717, 1.165) is 11.1 Å². The minimum Gasteiger partial charge on any atom is -0.484 e. The molecule has 1 fully saturated rings. The molecule has 1 aliphatic rings. The molecule has 1 heterocycles. The van der Waals surface area contributed by atoms with E-state index in [4.69, 9.17) is 4.74 Å². The van der Waals surface area contributed by atoms with Gasteiger partial charge in [0, 0.05) is 0 Å². The van der Waals surface area contributed by atoms with Crippen molar-refractivity contribution in [2.45, 2.75) is 19.1 Å². The van der Waals surface area contributed by atoms with Crippen molar-refractivity contribution in [3.05, 3.63) is 65.5 Å². The molecule has 25 heavy (non-hydrogen) atoms. The van der Waals surface area contributed by atoms with Gasteiger partial charge in [-0.05, 0) is 38.7 Å². The number of nitrogens with zero attached hydrogens (tertiary/aromatic N) is 2. The number of rotatable bonds is 5. The Hall–Kier alpha value is -2.40. The standard InChI is InChI=1S/C20H23FN2O2/c1-14-7-6-8-15(11-14)19(22(2)3)20(24)23-12-16(13-23)25-18-10-5-4-9-17(18)21/h4-11,16,19H,12-13H2,1-3H3/t19-/m0/s1. The van der Waals surface area contributed by atoms with E-state index < -0.39 is 0 Å². The smallest absolute Gasteiger partial charge is 0.244 e. The normalized spacial score (nSPS) is 15.8. The largest absolute Gasteiger partial charge is 0.484 e. The summed E-state index contributed by atoms with van der Waals surface area (Å²) in [5.41, 5.74) is 2.11. The Kier molecular flexibility index (Phi) is 5.04. The van der Waals surface area contributed by atoms with E-state index in [-0.39, 0.29) is 29.6 Å². The van der Waals surface area contributed by atoms with Gasteiger partial charge in [-0.2, -0.15) is 0 Å². The van der Waals surface area contributed by atoms with E-state index in [1.165, 1.54) is 6.07 Å². The monoisotopic (exact) mass is 342 g/mol. The predicted octanol–water partition coefficient (Wildman–Crippen LogP) is 3.03. The van der Waals surface area contributed by atoms with E-state index in [1.807, 2.05) is 50.2 Å². The van der Waals surface area contributed by atoms with Crippen molar-refractivity contribution in [3.8, 4) is 5.75 Å². The maximum atomic E-state index is 13.6. The van der Waals surface area contributed by atoms with Crippen LogP contribution in [-0.4, -0.2) is 49.0 Å². The summed E-state index contributed by atoms with van der Waals surface area (Å²) < 4.78 is 19.3. The first-order valence-electron chi connectivity index (χ1n) is 8.38. The van der Waals surface area contributed by atoms with Crippen LogP contribution < -0.4 is 4.74 Å². The average molecular weight is 342 g/mol. The van der Waals surface area contributed by atoms with Crippen LogP contribution in [0, 0.1) is 12.7 Å². The van der Waals surface area contributed by atoms with Crippen LogP contribution in [0.2, 0.25) is 0 Å². The molecule has 132 valence electrons. The molecule has 1 aliphatic heterocycles. The number of aryl methyl sites for hydroxylation is 1. The molecule has 1 saturated heterocycles. The zero-order valence-corrected chi connectivity index (χ0v) is 14.8. The maximum Gasteiger partial charge on any atom is 0.244 e. The summed E-state index contributed by atoms with van der Waals surface area (Å²) in [5, 5.41) is 0. The highest BCUT2D eigenvalue weighted by atomic mass is 19.1. The minimum absolute atomic E-state index is 0.0454. The van der Waals surface area contributed by atoms with Gasteiger partial charge in [-0.3, -0.25) is 9.69 Å². The zero-order chi connectivity index (χ0) is 18.0. The van der Waals surface area contributed by atoms with Crippen LogP contribution in [0.4, 0.5) is 4.39 Å². The molecule has 0 bridgehead atoms. The lowest BCUT2D eigenvalue weighted by molar-refractivity contribution is -0.145. The topological polar surface area (TPSA) is 32.8 Å². The number of hydrogen-bond donors (Lipinski definition) is 0. The fraction of sp³-hybridized carbons (Fsp3) is 0.350. The van der Waals surface area contributed by atoms with E-state index in [9.17, 15) is 9.18 Å². The summed E-state index contributed by atoms with van der Waals surface area (Å²) in [6.45, 7) is 2.97. The Morgan fingerprint density at radius 3 is 2.56 bits per heavy atom. The first kappa shape index (κ1) is 17.4. The van der Waals surface area contributed by atoms with E-state index in [1.54, 1.807) is 23.1 Å². The van der Waals surface area contributed by atoms with Crippen molar-refractivity contribution >= 4 is 5.91 Å². The van der Waals surface area contributed by atoms with Gasteiger partial charge in [-0.1, -0.05) is 42.0 Å². The highest BCUT2D eigenvalue weighted by Gasteiger charge is 2.37. The molecule has 0 aromatic heterocycles. The van der Waals surface area contributed by atoms with E-state index in [2.05, 4.69) is 0 Å². The quantitative estimate of drug-likeness (QED) is 0.837. The van der Waals surface area contributed by atoms with Gasteiger partial charge in [0.15, 0.2) is 11.6 Å². The summed E-state index contributed by atoms with van der Waals surface area (Å²) in [7, 11) is 3.80. The number of halogens is 1. The van der Waals surface area contributed by atoms with Crippen molar-refractivity contribution in [2.24, 2.45) is 0 Å². The van der Waals surface area contributed by atoms with Crippen LogP contribution >= 0.6 is 0 Å². The van der Waals surface area contributed by atoms with Gasteiger partial charge in [0.2, 0.25) is 5.91 Å². The van der Waals surface area contributed by atoms with Gasteiger partial charge in [-0.15, -0.1) is 0 Å². The van der Waals surface area contributed by atoms with E-state index >= 15 is 0 Å². The highest BCUT2D eigenvalue weighted by Crippen LogP contribution is 2.26. The number of hydrogen-bond acceptors (Lipinski definition) is 3. The number of carbonyl (C=O) groups excluding carboxylic acids is 1. The van der Waals surface area contributed by atoms with Gasteiger partial charge in [0.25, 0.3) is 0 Å². The SMILES string of the molecule is Cc1cccc([C@@H](C(=O)N2CC(Oc3ccccc3F)C2)N(C)C)c1. The number of benzene rings is 2. The Morgan fingerprint density at radius 2 is 1.92 bits per heavy atom. The number of para-hydroxylation sites is 1. The number of likely N-dealkylation sites (N-methyl/N-ethyl adjacent to an activating group) is 1. The third kappa shape index (κ3) is 3.82. The molecule has 0 spiro atoms. The predicted molar refractivity (Wildman–Crippen MR) is 95.0 cm³/mol. The Labute approximate surface area is 147 Å². The fourth-order valence-electron chi connectivity index (χ4n) is 3.09. The van der Waals surface area contributed by atoms with Crippen molar-refractivity contribution in [3.63, 3.8) is 0 Å².